The van der Waals surface area contributed by atoms with Crippen LogP contribution in [0, 0.1) is 0 Å². The molecule has 0 aliphatic carbocycles. The van der Waals surface area contributed by atoms with Gasteiger partial charge in [0, 0.05) is 12.6 Å². The summed E-state index contributed by atoms with van der Waals surface area (Å²) in [4.78, 5) is 11.5. The van der Waals surface area contributed by atoms with Crippen LogP contribution in [0.2, 0.25) is 5.02 Å². The Labute approximate surface area is 132 Å². The van der Waals surface area contributed by atoms with Gasteiger partial charge in [-0.15, -0.1) is 0 Å². The number of benzene rings is 1. The molecule has 1 rings (SSSR count). The maximum atomic E-state index is 11.5. The smallest absolute Gasteiger partial charge is 0.257 e. The Hall–Kier alpha value is -1.26. The van der Waals surface area contributed by atoms with Gasteiger partial charge in [0.05, 0.1) is 5.02 Å². The third-order valence-corrected chi connectivity index (χ3v) is 3.38. The summed E-state index contributed by atoms with van der Waals surface area (Å²) in [7, 11) is 0. The molecule has 1 unspecified atom stereocenters. The zero-order valence-corrected chi connectivity index (χ0v) is 13.8. The number of carbonyl (C=O) groups excluding carboxylic acids is 1. The van der Waals surface area contributed by atoms with E-state index >= 15 is 0 Å². The quantitative estimate of drug-likeness (QED) is 0.735. The summed E-state index contributed by atoms with van der Waals surface area (Å²) >= 11 is 6.21. The number of carbonyl (C=O) groups is 1. The van der Waals surface area contributed by atoms with E-state index in [1.54, 1.807) is 0 Å². The summed E-state index contributed by atoms with van der Waals surface area (Å²) in [5.74, 6) is 0.407. The summed E-state index contributed by atoms with van der Waals surface area (Å²) in [5, 5.41) is 6.69. The number of amides is 1. The van der Waals surface area contributed by atoms with Crippen molar-refractivity contribution in [1.29, 1.82) is 0 Å². The summed E-state index contributed by atoms with van der Waals surface area (Å²) in [6.07, 6.45) is 2.00. The SMILES string of the molecule is CCCNC(=O)COc1ccc(C(C)NCCC)cc1Cl. The van der Waals surface area contributed by atoms with Crippen molar-refractivity contribution in [2.45, 2.75) is 39.7 Å². The maximum Gasteiger partial charge on any atom is 0.257 e. The highest BCUT2D eigenvalue weighted by atomic mass is 35.5. The van der Waals surface area contributed by atoms with Crippen molar-refractivity contribution >= 4 is 17.5 Å². The molecule has 1 amide bonds. The average molecular weight is 313 g/mol. The Morgan fingerprint density at radius 1 is 1.29 bits per heavy atom. The molecule has 0 saturated carbocycles. The summed E-state index contributed by atoms with van der Waals surface area (Å²) in [6, 6.07) is 5.91. The van der Waals surface area contributed by atoms with Crippen molar-refractivity contribution in [2.24, 2.45) is 0 Å². The fraction of sp³-hybridized carbons (Fsp3) is 0.562. The van der Waals surface area contributed by atoms with Crippen LogP contribution in [0.15, 0.2) is 18.2 Å². The van der Waals surface area contributed by atoms with Gasteiger partial charge < -0.3 is 15.4 Å². The number of halogens is 1. The van der Waals surface area contributed by atoms with Crippen molar-refractivity contribution in [3.8, 4) is 5.75 Å². The van der Waals surface area contributed by atoms with E-state index < -0.39 is 0 Å². The highest BCUT2D eigenvalue weighted by molar-refractivity contribution is 6.32. The van der Waals surface area contributed by atoms with E-state index in [0.717, 1.165) is 24.9 Å². The molecule has 118 valence electrons. The number of ether oxygens (including phenoxy) is 1. The normalized spacial score (nSPS) is 12.0. The zero-order chi connectivity index (χ0) is 15.7. The van der Waals surface area contributed by atoms with Crippen LogP contribution in [0.4, 0.5) is 0 Å². The minimum atomic E-state index is -0.130. The Bertz CT molecular complexity index is 452. The standard InChI is InChI=1S/C16H25ClN2O2/c1-4-8-18-12(3)13-6-7-15(14(17)10-13)21-11-16(20)19-9-5-2/h6-7,10,12,18H,4-5,8-9,11H2,1-3H3,(H,19,20). The van der Waals surface area contributed by atoms with E-state index in [9.17, 15) is 4.79 Å². The van der Waals surface area contributed by atoms with E-state index in [2.05, 4.69) is 24.5 Å². The first-order valence-corrected chi connectivity index (χ1v) is 7.88. The van der Waals surface area contributed by atoms with Gasteiger partial charge in [0.15, 0.2) is 6.61 Å². The molecule has 0 spiro atoms. The minimum Gasteiger partial charge on any atom is -0.482 e. The third kappa shape index (κ3) is 6.36. The summed E-state index contributed by atoms with van der Waals surface area (Å²) in [5.41, 5.74) is 1.11. The van der Waals surface area contributed by atoms with Crippen molar-refractivity contribution in [2.75, 3.05) is 19.7 Å². The van der Waals surface area contributed by atoms with Crippen molar-refractivity contribution in [1.82, 2.24) is 10.6 Å². The molecule has 0 aliphatic rings. The lowest BCUT2D eigenvalue weighted by molar-refractivity contribution is -0.123. The van der Waals surface area contributed by atoms with Crippen LogP contribution in [-0.2, 0) is 4.79 Å². The molecule has 2 N–H and O–H groups in total. The fourth-order valence-corrected chi connectivity index (χ4v) is 2.08. The maximum absolute atomic E-state index is 11.5. The van der Waals surface area contributed by atoms with Crippen LogP contribution in [0.3, 0.4) is 0 Å². The van der Waals surface area contributed by atoms with Crippen molar-refractivity contribution in [3.63, 3.8) is 0 Å². The van der Waals surface area contributed by atoms with Gasteiger partial charge in [0.2, 0.25) is 0 Å². The lowest BCUT2D eigenvalue weighted by Crippen LogP contribution is -2.29. The van der Waals surface area contributed by atoms with Gasteiger partial charge in [-0.1, -0.05) is 31.5 Å². The molecular weight excluding hydrogens is 288 g/mol. The molecular formula is C16H25ClN2O2. The first kappa shape index (κ1) is 17.8. The molecule has 0 aliphatic heterocycles. The number of hydrogen-bond acceptors (Lipinski definition) is 3. The van der Waals surface area contributed by atoms with Crippen molar-refractivity contribution < 1.29 is 9.53 Å². The van der Waals surface area contributed by atoms with Gasteiger partial charge in [-0.3, -0.25) is 4.79 Å². The molecule has 0 fully saturated rings. The Kier molecular flexibility index (Phi) is 8.16. The first-order valence-electron chi connectivity index (χ1n) is 7.50. The number of rotatable bonds is 9. The largest absolute Gasteiger partial charge is 0.482 e. The van der Waals surface area contributed by atoms with Crippen molar-refractivity contribution in [3.05, 3.63) is 28.8 Å². The predicted molar refractivity (Wildman–Crippen MR) is 87.0 cm³/mol. The lowest BCUT2D eigenvalue weighted by Gasteiger charge is -2.15. The summed E-state index contributed by atoms with van der Waals surface area (Å²) < 4.78 is 5.45. The van der Waals surface area contributed by atoms with Crippen LogP contribution in [0.1, 0.15) is 45.2 Å². The van der Waals surface area contributed by atoms with Gasteiger partial charge in [-0.25, -0.2) is 0 Å². The monoisotopic (exact) mass is 312 g/mol. The molecule has 0 aromatic heterocycles. The second-order valence-electron chi connectivity index (χ2n) is 5.00. The lowest BCUT2D eigenvalue weighted by atomic mass is 10.1. The highest BCUT2D eigenvalue weighted by Crippen LogP contribution is 2.27. The van der Waals surface area contributed by atoms with Gasteiger partial charge >= 0.3 is 0 Å². The molecule has 0 bridgehead atoms. The molecule has 0 saturated heterocycles. The van der Waals surface area contributed by atoms with Gasteiger partial charge in [-0.05, 0) is 44.0 Å². The summed E-state index contributed by atoms with van der Waals surface area (Å²) in [6.45, 7) is 7.85. The molecule has 1 atom stereocenters. The van der Waals surface area contributed by atoms with Crippen LogP contribution in [0.25, 0.3) is 0 Å². The van der Waals surface area contributed by atoms with Crippen LogP contribution >= 0.6 is 11.6 Å². The molecule has 1 aromatic carbocycles. The van der Waals surface area contributed by atoms with E-state index in [1.165, 1.54) is 0 Å². The van der Waals surface area contributed by atoms with Crippen LogP contribution in [0.5, 0.6) is 5.75 Å². The third-order valence-electron chi connectivity index (χ3n) is 3.09. The van der Waals surface area contributed by atoms with Gasteiger partial charge in [0.25, 0.3) is 5.91 Å². The Morgan fingerprint density at radius 3 is 2.62 bits per heavy atom. The predicted octanol–water partition coefficient (Wildman–Crippen LogP) is 3.31. The van der Waals surface area contributed by atoms with E-state index in [-0.39, 0.29) is 18.6 Å². The molecule has 4 nitrogen and oxygen atoms in total. The highest BCUT2D eigenvalue weighted by Gasteiger charge is 2.09. The number of hydrogen-bond donors (Lipinski definition) is 2. The van der Waals surface area contributed by atoms with Crippen LogP contribution in [-0.4, -0.2) is 25.6 Å². The Morgan fingerprint density at radius 2 is 2.00 bits per heavy atom. The van der Waals surface area contributed by atoms with E-state index in [4.69, 9.17) is 16.3 Å². The van der Waals surface area contributed by atoms with Crippen LogP contribution < -0.4 is 15.4 Å². The first-order chi connectivity index (χ1) is 10.1. The topological polar surface area (TPSA) is 50.4 Å². The second-order valence-corrected chi connectivity index (χ2v) is 5.41. The van der Waals surface area contributed by atoms with E-state index in [1.807, 2.05) is 25.1 Å². The van der Waals surface area contributed by atoms with Gasteiger partial charge in [0.1, 0.15) is 5.75 Å². The fourth-order valence-electron chi connectivity index (χ4n) is 1.84. The van der Waals surface area contributed by atoms with Gasteiger partial charge in [-0.2, -0.15) is 0 Å². The molecule has 0 heterocycles. The number of nitrogens with one attached hydrogen (secondary N) is 2. The molecule has 1 aromatic rings. The molecule has 5 heteroatoms. The minimum absolute atomic E-state index is 0.0112. The van der Waals surface area contributed by atoms with E-state index in [0.29, 0.717) is 17.3 Å². The zero-order valence-electron chi connectivity index (χ0n) is 13.0. The average Bonchev–Trinajstić information content (AvgIpc) is 2.49. The molecule has 21 heavy (non-hydrogen) atoms. The molecule has 0 radical (unpaired) electrons. The second kappa shape index (κ2) is 9.64. The Balaban J connectivity index is 2.55.